The summed E-state index contributed by atoms with van der Waals surface area (Å²) in [5.41, 5.74) is 3.04. The molecule has 0 bridgehead atoms. The van der Waals surface area contributed by atoms with E-state index in [0.717, 1.165) is 17.5 Å². The molecule has 8 nitrogen and oxygen atoms in total. The van der Waals surface area contributed by atoms with Gasteiger partial charge in [-0.25, -0.2) is 4.98 Å². The summed E-state index contributed by atoms with van der Waals surface area (Å²) < 4.78 is 50.3. The number of ketones is 1. The van der Waals surface area contributed by atoms with Crippen LogP contribution in [0.3, 0.4) is 0 Å². The maximum atomic E-state index is 13.9. The number of aryl methyl sites for hydroxylation is 1. The van der Waals surface area contributed by atoms with E-state index >= 15 is 0 Å². The van der Waals surface area contributed by atoms with E-state index in [9.17, 15) is 18.0 Å². The highest BCUT2D eigenvalue weighted by Gasteiger charge is 2.38. The van der Waals surface area contributed by atoms with Crippen molar-refractivity contribution in [3.63, 3.8) is 0 Å². The van der Waals surface area contributed by atoms with Crippen molar-refractivity contribution in [3.8, 4) is 11.3 Å². The van der Waals surface area contributed by atoms with E-state index in [-0.39, 0.29) is 11.3 Å². The first-order valence-corrected chi connectivity index (χ1v) is 14.0. The van der Waals surface area contributed by atoms with Crippen molar-refractivity contribution in [1.29, 1.82) is 0 Å². The highest BCUT2D eigenvalue weighted by molar-refractivity contribution is 5.97. The van der Waals surface area contributed by atoms with Crippen LogP contribution in [0.15, 0.2) is 43.0 Å². The van der Waals surface area contributed by atoms with Crippen LogP contribution in [-0.4, -0.2) is 68.7 Å². The number of halogens is 3. The van der Waals surface area contributed by atoms with Gasteiger partial charge < -0.3 is 9.64 Å². The number of carbonyl (C=O) groups is 1. The van der Waals surface area contributed by atoms with Gasteiger partial charge in [0.2, 0.25) is 0 Å². The number of imidazole rings is 1. The summed E-state index contributed by atoms with van der Waals surface area (Å²) in [4.78, 5) is 23.7. The van der Waals surface area contributed by atoms with Gasteiger partial charge >= 0.3 is 6.18 Å². The molecule has 0 fully saturated rings. The minimum absolute atomic E-state index is 0.0304. The van der Waals surface area contributed by atoms with Crippen molar-refractivity contribution < 1.29 is 22.7 Å². The summed E-state index contributed by atoms with van der Waals surface area (Å²) in [6.45, 7) is 6.21. The van der Waals surface area contributed by atoms with E-state index in [1.807, 2.05) is 51.0 Å². The van der Waals surface area contributed by atoms with Crippen molar-refractivity contribution >= 4 is 11.4 Å². The zero-order chi connectivity index (χ0) is 29.6. The number of likely N-dealkylation sites (N-methyl/N-ethyl adjacent to an activating group) is 1. The van der Waals surface area contributed by atoms with E-state index in [2.05, 4.69) is 15.1 Å². The monoisotopic (exact) mass is 570 g/mol. The van der Waals surface area contributed by atoms with Gasteiger partial charge in [0.1, 0.15) is 0 Å². The van der Waals surface area contributed by atoms with Crippen molar-refractivity contribution in [2.75, 3.05) is 33.9 Å². The Hall–Kier alpha value is -3.57. The number of aromatic nitrogens is 5. The zero-order valence-corrected chi connectivity index (χ0v) is 24.0. The molecule has 11 heteroatoms. The molecule has 3 heterocycles. The first kappa shape index (κ1) is 30.4. The molecule has 4 rings (SSSR count). The van der Waals surface area contributed by atoms with Gasteiger partial charge in [-0.1, -0.05) is 32.0 Å². The lowest BCUT2D eigenvalue weighted by atomic mass is 9.95. The summed E-state index contributed by atoms with van der Waals surface area (Å²) in [5, 5.41) is 3.85. The van der Waals surface area contributed by atoms with Gasteiger partial charge in [0, 0.05) is 56.8 Å². The minimum atomic E-state index is -4.61. The molecule has 0 aliphatic rings. The normalized spacial score (nSPS) is 12.1. The SMILES string of the molecule is CCCOCCCC(=O)c1ccc(Cc2nccn3c(-c4cn(CCN(C)C)nc4C(F)(F)F)cnc23)cc1CC. The first-order valence-electron chi connectivity index (χ1n) is 14.0. The van der Waals surface area contributed by atoms with Crippen LogP contribution in [0.5, 0.6) is 0 Å². The zero-order valence-electron chi connectivity index (χ0n) is 24.0. The molecule has 0 aliphatic carbocycles. The van der Waals surface area contributed by atoms with Crippen LogP contribution in [0.25, 0.3) is 16.9 Å². The number of Topliss-reactive ketones (excluding diaryl/α,β-unsaturated/α-hetero) is 1. The fourth-order valence-corrected chi connectivity index (χ4v) is 4.76. The number of alkyl halides is 3. The van der Waals surface area contributed by atoms with E-state index < -0.39 is 11.9 Å². The van der Waals surface area contributed by atoms with Gasteiger partial charge in [-0.3, -0.25) is 18.9 Å². The molecule has 220 valence electrons. The lowest BCUT2D eigenvalue weighted by Gasteiger charge is -2.11. The Morgan fingerprint density at radius 2 is 1.93 bits per heavy atom. The first-order chi connectivity index (χ1) is 19.6. The second-order valence-corrected chi connectivity index (χ2v) is 10.3. The van der Waals surface area contributed by atoms with Gasteiger partial charge in [-0.15, -0.1) is 0 Å². The lowest BCUT2D eigenvalue weighted by molar-refractivity contribution is -0.141. The summed E-state index contributed by atoms with van der Waals surface area (Å²) in [6.07, 6.45) is 4.61. The molecule has 4 aromatic rings. The van der Waals surface area contributed by atoms with Gasteiger partial charge in [-0.2, -0.15) is 18.3 Å². The number of fused-ring (bicyclic) bond motifs is 1. The van der Waals surface area contributed by atoms with Crippen LogP contribution >= 0.6 is 0 Å². The Kier molecular flexibility index (Phi) is 9.93. The van der Waals surface area contributed by atoms with Crippen LogP contribution < -0.4 is 0 Å². The average molecular weight is 571 g/mol. The number of hydrogen-bond acceptors (Lipinski definition) is 6. The highest BCUT2D eigenvalue weighted by Crippen LogP contribution is 2.36. The highest BCUT2D eigenvalue weighted by atomic mass is 19.4. The van der Waals surface area contributed by atoms with Crippen LogP contribution in [0.4, 0.5) is 13.2 Å². The topological polar surface area (TPSA) is 77.5 Å². The predicted molar refractivity (Wildman–Crippen MR) is 151 cm³/mol. The smallest absolute Gasteiger partial charge is 0.381 e. The largest absolute Gasteiger partial charge is 0.435 e. The maximum absolute atomic E-state index is 13.9. The summed E-state index contributed by atoms with van der Waals surface area (Å²) >= 11 is 0. The number of nitrogens with zero attached hydrogens (tertiary/aromatic N) is 6. The Labute approximate surface area is 238 Å². The van der Waals surface area contributed by atoms with Gasteiger partial charge in [0.25, 0.3) is 0 Å². The molecular weight excluding hydrogens is 533 g/mol. The fourth-order valence-electron chi connectivity index (χ4n) is 4.76. The number of ether oxygens (including phenoxy) is 1. The molecular formula is C30H37F3N6O2. The third-order valence-corrected chi connectivity index (χ3v) is 6.85. The summed E-state index contributed by atoms with van der Waals surface area (Å²) in [7, 11) is 3.71. The quantitative estimate of drug-likeness (QED) is 0.143. The second-order valence-electron chi connectivity index (χ2n) is 10.3. The Morgan fingerprint density at radius 1 is 1.12 bits per heavy atom. The molecule has 0 N–H and O–H groups in total. The Bertz CT molecular complexity index is 1470. The molecule has 0 aliphatic heterocycles. The van der Waals surface area contributed by atoms with Crippen molar-refractivity contribution in [1.82, 2.24) is 29.0 Å². The van der Waals surface area contributed by atoms with Crippen LogP contribution in [0.1, 0.15) is 66.0 Å². The fraction of sp³-hybridized carbons (Fsp3) is 0.467. The molecule has 0 unspecified atom stereocenters. The van der Waals surface area contributed by atoms with Crippen LogP contribution in [0.2, 0.25) is 0 Å². The molecule has 0 amide bonds. The van der Waals surface area contributed by atoms with Crippen molar-refractivity contribution in [3.05, 3.63) is 71.1 Å². The standard InChI is InChI=1S/C30H37F3N6O2/c1-5-15-41-16-7-8-27(40)23-10-9-21(17-22(23)6-2)18-25-29-35-19-26(39(29)12-11-34-25)24-20-38(14-13-37(3)4)36-28(24)30(31,32)33/h9-12,17,19-20H,5-8,13-16,18H2,1-4H3. The molecule has 41 heavy (non-hydrogen) atoms. The van der Waals surface area contributed by atoms with Crippen LogP contribution in [-0.2, 0) is 30.3 Å². The van der Waals surface area contributed by atoms with E-state index in [1.54, 1.807) is 16.8 Å². The number of hydrogen-bond donors (Lipinski definition) is 0. The molecule has 0 radical (unpaired) electrons. The van der Waals surface area contributed by atoms with Crippen LogP contribution in [0, 0.1) is 0 Å². The third kappa shape index (κ3) is 7.39. The van der Waals surface area contributed by atoms with E-state index in [1.165, 1.54) is 17.1 Å². The molecule has 0 saturated carbocycles. The average Bonchev–Trinajstić information content (AvgIpc) is 3.56. The predicted octanol–water partition coefficient (Wildman–Crippen LogP) is 5.72. The Morgan fingerprint density at radius 3 is 2.63 bits per heavy atom. The Balaban J connectivity index is 1.59. The molecule has 0 atom stereocenters. The minimum Gasteiger partial charge on any atom is -0.381 e. The molecule has 0 spiro atoms. The molecule has 1 aromatic carbocycles. The van der Waals surface area contributed by atoms with E-state index in [4.69, 9.17) is 4.74 Å². The summed E-state index contributed by atoms with van der Waals surface area (Å²) in [6, 6.07) is 5.77. The number of rotatable bonds is 14. The molecule has 0 saturated heterocycles. The van der Waals surface area contributed by atoms with Gasteiger partial charge in [0.15, 0.2) is 17.1 Å². The summed E-state index contributed by atoms with van der Waals surface area (Å²) in [5.74, 6) is 0.0956. The van der Waals surface area contributed by atoms with Crippen molar-refractivity contribution in [2.45, 2.75) is 58.7 Å². The van der Waals surface area contributed by atoms with E-state index in [0.29, 0.717) is 74.6 Å². The maximum Gasteiger partial charge on any atom is 0.435 e. The molecule has 3 aromatic heterocycles. The van der Waals surface area contributed by atoms with Gasteiger partial charge in [0.05, 0.1) is 29.7 Å². The third-order valence-electron chi connectivity index (χ3n) is 6.85. The van der Waals surface area contributed by atoms with Gasteiger partial charge in [-0.05, 0) is 44.5 Å². The number of benzene rings is 1. The van der Waals surface area contributed by atoms with Crippen molar-refractivity contribution in [2.24, 2.45) is 0 Å². The second kappa shape index (κ2) is 13.4. The lowest BCUT2D eigenvalue weighted by Crippen LogP contribution is -2.19. The number of carbonyl (C=O) groups excluding carboxylic acids is 1.